The Hall–Kier alpha value is -1.56. The Kier molecular flexibility index (Phi) is 6.49. The van der Waals surface area contributed by atoms with Gasteiger partial charge < -0.3 is 9.64 Å². The minimum atomic E-state index is -3.02. The molecule has 0 bridgehead atoms. The van der Waals surface area contributed by atoms with Crippen LogP contribution in [0.4, 0.5) is 0 Å². The summed E-state index contributed by atoms with van der Waals surface area (Å²) in [6, 6.07) is 7.51. The quantitative estimate of drug-likeness (QED) is 0.743. The molecule has 0 spiro atoms. The van der Waals surface area contributed by atoms with Gasteiger partial charge in [-0.15, -0.1) is 0 Å². The minimum absolute atomic E-state index is 0.0640. The van der Waals surface area contributed by atoms with E-state index in [0.717, 1.165) is 0 Å². The maximum atomic E-state index is 12.6. The fourth-order valence-electron chi connectivity index (χ4n) is 3.05. The van der Waals surface area contributed by atoms with E-state index in [9.17, 15) is 13.2 Å². The Bertz CT molecular complexity index is 680. The van der Waals surface area contributed by atoms with E-state index in [-0.39, 0.29) is 36.0 Å². The summed E-state index contributed by atoms with van der Waals surface area (Å²) in [7, 11) is -3.02. The molecule has 1 aromatic rings. The highest BCUT2D eigenvalue weighted by molar-refractivity contribution is 7.91. The Balaban J connectivity index is 1.99. The second kappa shape index (κ2) is 8.21. The summed E-state index contributed by atoms with van der Waals surface area (Å²) in [5.41, 5.74) is 1.22. The predicted octanol–water partition coefficient (Wildman–Crippen LogP) is 2.86. The van der Waals surface area contributed by atoms with Gasteiger partial charge in [-0.05, 0) is 36.0 Å². The van der Waals surface area contributed by atoms with Gasteiger partial charge in [0.25, 0.3) is 5.91 Å². The molecule has 1 fully saturated rings. The zero-order chi connectivity index (χ0) is 18.6. The first-order valence-electron chi connectivity index (χ1n) is 8.90. The Morgan fingerprint density at radius 3 is 2.32 bits per heavy atom. The lowest BCUT2D eigenvalue weighted by atomic mass is 10.0. The van der Waals surface area contributed by atoms with Gasteiger partial charge in [0.1, 0.15) is 5.75 Å². The van der Waals surface area contributed by atoms with Crippen molar-refractivity contribution >= 4 is 15.7 Å². The highest BCUT2D eigenvalue weighted by atomic mass is 32.2. The number of hydrogen-bond donors (Lipinski definition) is 0. The van der Waals surface area contributed by atoms with Crippen molar-refractivity contribution in [1.82, 2.24) is 4.90 Å². The molecule has 0 aliphatic carbocycles. The van der Waals surface area contributed by atoms with Gasteiger partial charge in [0, 0.05) is 12.6 Å². The third kappa shape index (κ3) is 5.73. The average molecular weight is 368 g/mol. The van der Waals surface area contributed by atoms with Crippen LogP contribution < -0.4 is 4.74 Å². The van der Waals surface area contributed by atoms with E-state index in [1.807, 2.05) is 38.1 Å². The lowest BCUT2D eigenvalue weighted by Gasteiger charge is -2.30. The number of benzene rings is 1. The van der Waals surface area contributed by atoms with Gasteiger partial charge in [-0.3, -0.25) is 4.79 Å². The van der Waals surface area contributed by atoms with Crippen LogP contribution in [0.15, 0.2) is 24.3 Å². The topological polar surface area (TPSA) is 63.7 Å². The molecular weight excluding hydrogens is 338 g/mol. The van der Waals surface area contributed by atoms with Crippen molar-refractivity contribution in [2.75, 3.05) is 24.7 Å². The van der Waals surface area contributed by atoms with Crippen molar-refractivity contribution < 1.29 is 17.9 Å². The van der Waals surface area contributed by atoms with Crippen molar-refractivity contribution in [3.63, 3.8) is 0 Å². The molecule has 0 radical (unpaired) electrons. The molecule has 2 rings (SSSR count). The summed E-state index contributed by atoms with van der Waals surface area (Å²) in [5, 5.41) is 0. The van der Waals surface area contributed by atoms with Crippen LogP contribution in [0.2, 0.25) is 0 Å². The molecule has 6 heteroatoms. The van der Waals surface area contributed by atoms with Crippen molar-refractivity contribution in [2.24, 2.45) is 5.92 Å². The number of ether oxygens (including phenoxy) is 1. The van der Waals surface area contributed by atoms with E-state index in [4.69, 9.17) is 4.74 Å². The summed E-state index contributed by atoms with van der Waals surface area (Å²) in [4.78, 5) is 14.3. The summed E-state index contributed by atoms with van der Waals surface area (Å²) < 4.78 is 29.1. The average Bonchev–Trinajstić information content (AvgIpc) is 2.90. The lowest BCUT2D eigenvalue weighted by Crippen LogP contribution is -2.45. The first kappa shape index (κ1) is 19.8. The highest BCUT2D eigenvalue weighted by Crippen LogP contribution is 2.21. The first-order valence-corrected chi connectivity index (χ1v) is 10.7. The Morgan fingerprint density at radius 1 is 1.20 bits per heavy atom. The minimum Gasteiger partial charge on any atom is -0.484 e. The molecule has 0 aromatic heterocycles. The fourth-order valence-corrected chi connectivity index (χ4v) is 4.78. The number of nitrogens with zero attached hydrogens (tertiary/aromatic N) is 1. The Morgan fingerprint density at radius 2 is 1.84 bits per heavy atom. The number of hydrogen-bond acceptors (Lipinski definition) is 4. The summed E-state index contributed by atoms with van der Waals surface area (Å²) in [6.07, 6.45) is 0.518. The van der Waals surface area contributed by atoms with Gasteiger partial charge in [-0.2, -0.15) is 0 Å². The van der Waals surface area contributed by atoms with Crippen molar-refractivity contribution in [2.45, 2.75) is 46.1 Å². The zero-order valence-corrected chi connectivity index (χ0v) is 16.4. The molecule has 140 valence electrons. The van der Waals surface area contributed by atoms with Crippen LogP contribution in [0, 0.1) is 5.92 Å². The first-order chi connectivity index (χ1) is 11.7. The molecule has 1 aromatic carbocycles. The third-order valence-corrected chi connectivity index (χ3v) is 6.19. The standard InChI is InChI=1S/C19H29NO4S/c1-14(2)11-20(17-9-10-25(22,23)13-17)19(21)12-24-18-7-5-16(6-8-18)15(3)4/h5-8,14-15,17H,9-13H2,1-4H3. The molecule has 1 heterocycles. The molecule has 25 heavy (non-hydrogen) atoms. The van der Waals surface area contributed by atoms with E-state index in [2.05, 4.69) is 13.8 Å². The number of rotatable bonds is 7. The number of amides is 1. The van der Waals surface area contributed by atoms with E-state index in [1.165, 1.54) is 5.56 Å². The van der Waals surface area contributed by atoms with Gasteiger partial charge in [-0.1, -0.05) is 39.8 Å². The van der Waals surface area contributed by atoms with Crippen LogP contribution in [0.3, 0.4) is 0 Å². The fraction of sp³-hybridized carbons (Fsp3) is 0.632. The smallest absolute Gasteiger partial charge is 0.260 e. The van der Waals surface area contributed by atoms with Gasteiger partial charge in [0.05, 0.1) is 11.5 Å². The van der Waals surface area contributed by atoms with Crippen LogP contribution in [0.25, 0.3) is 0 Å². The molecule has 5 nitrogen and oxygen atoms in total. The van der Waals surface area contributed by atoms with Crippen LogP contribution >= 0.6 is 0 Å². The van der Waals surface area contributed by atoms with Crippen molar-refractivity contribution in [1.29, 1.82) is 0 Å². The van der Waals surface area contributed by atoms with Crippen LogP contribution in [-0.2, 0) is 14.6 Å². The lowest BCUT2D eigenvalue weighted by molar-refractivity contribution is -0.135. The van der Waals surface area contributed by atoms with E-state index in [0.29, 0.717) is 24.6 Å². The second-order valence-electron chi connectivity index (χ2n) is 7.51. The molecule has 1 atom stereocenters. The molecular formula is C19H29NO4S. The SMILES string of the molecule is CC(C)CN(C(=O)COc1ccc(C(C)C)cc1)C1CCS(=O)(=O)C1. The summed E-state index contributed by atoms with van der Waals surface area (Å²) in [6.45, 7) is 8.78. The van der Waals surface area contributed by atoms with E-state index < -0.39 is 9.84 Å². The third-order valence-electron chi connectivity index (χ3n) is 4.44. The molecule has 1 amide bonds. The summed E-state index contributed by atoms with van der Waals surface area (Å²) in [5.74, 6) is 1.45. The predicted molar refractivity (Wildman–Crippen MR) is 99.6 cm³/mol. The highest BCUT2D eigenvalue weighted by Gasteiger charge is 2.34. The molecule has 1 saturated heterocycles. The Labute approximate surface area is 151 Å². The molecule has 1 aliphatic heterocycles. The van der Waals surface area contributed by atoms with Crippen LogP contribution in [-0.4, -0.2) is 49.9 Å². The largest absolute Gasteiger partial charge is 0.484 e. The monoisotopic (exact) mass is 367 g/mol. The second-order valence-corrected chi connectivity index (χ2v) is 9.74. The van der Waals surface area contributed by atoms with Gasteiger partial charge in [-0.25, -0.2) is 8.42 Å². The van der Waals surface area contributed by atoms with E-state index >= 15 is 0 Å². The number of carbonyl (C=O) groups excluding carboxylic acids is 1. The normalized spacial score (nSPS) is 19.4. The van der Waals surface area contributed by atoms with Crippen LogP contribution in [0.5, 0.6) is 5.75 Å². The molecule has 0 N–H and O–H groups in total. The van der Waals surface area contributed by atoms with E-state index in [1.54, 1.807) is 4.90 Å². The number of sulfone groups is 1. The molecule has 1 unspecified atom stereocenters. The molecule has 1 aliphatic rings. The molecule has 0 saturated carbocycles. The van der Waals surface area contributed by atoms with Gasteiger partial charge in [0.2, 0.25) is 0 Å². The van der Waals surface area contributed by atoms with Crippen molar-refractivity contribution in [3.8, 4) is 5.75 Å². The van der Waals surface area contributed by atoms with Gasteiger partial charge >= 0.3 is 0 Å². The van der Waals surface area contributed by atoms with Gasteiger partial charge in [0.15, 0.2) is 16.4 Å². The zero-order valence-electron chi connectivity index (χ0n) is 15.6. The van der Waals surface area contributed by atoms with Crippen LogP contribution in [0.1, 0.15) is 45.6 Å². The summed E-state index contributed by atoms with van der Waals surface area (Å²) >= 11 is 0. The maximum Gasteiger partial charge on any atom is 0.260 e. The maximum absolute atomic E-state index is 12.6. The number of carbonyl (C=O) groups is 1. The van der Waals surface area contributed by atoms with Crippen molar-refractivity contribution in [3.05, 3.63) is 29.8 Å².